The van der Waals surface area contributed by atoms with Crippen molar-refractivity contribution in [3.8, 4) is 0 Å². The number of hydrogen-bond acceptors (Lipinski definition) is 7. The number of ether oxygens (including phenoxy) is 2. The minimum atomic E-state index is -0.682. The Bertz CT molecular complexity index is 1420. The number of anilines is 1. The molecule has 10 heteroatoms. The zero-order valence-corrected chi connectivity index (χ0v) is 25.2. The second-order valence-electron chi connectivity index (χ2n) is 11.8. The number of halogens is 1. The van der Waals surface area contributed by atoms with Crippen LogP contribution in [0.3, 0.4) is 0 Å². The number of furan rings is 1. The van der Waals surface area contributed by atoms with Gasteiger partial charge in [-0.2, -0.15) is 0 Å². The Balaban J connectivity index is 1.29. The van der Waals surface area contributed by atoms with Gasteiger partial charge in [0.15, 0.2) is 0 Å². The van der Waals surface area contributed by atoms with Crippen molar-refractivity contribution in [1.82, 2.24) is 4.90 Å². The van der Waals surface area contributed by atoms with Crippen molar-refractivity contribution in [3.63, 3.8) is 0 Å². The van der Waals surface area contributed by atoms with E-state index in [1.165, 1.54) is 0 Å². The highest BCUT2D eigenvalue weighted by Gasteiger charge is 2.44. The van der Waals surface area contributed by atoms with E-state index < -0.39 is 24.7 Å². The first-order chi connectivity index (χ1) is 21.4. The lowest BCUT2D eigenvalue weighted by Crippen LogP contribution is -2.48. The largest absolute Gasteiger partial charge is 0.460 e. The third kappa shape index (κ3) is 7.30. The van der Waals surface area contributed by atoms with Gasteiger partial charge in [0.25, 0.3) is 0 Å². The topological polar surface area (TPSA) is 124 Å². The predicted molar refractivity (Wildman–Crippen MR) is 165 cm³/mol. The summed E-state index contributed by atoms with van der Waals surface area (Å²) in [4.78, 5) is 42.0. The minimum absolute atomic E-state index is 0.0226. The second kappa shape index (κ2) is 14.8. The fraction of sp³-hybridized carbons (Fsp3) is 0.500. The van der Waals surface area contributed by atoms with Crippen molar-refractivity contribution < 1.29 is 32.7 Å². The van der Waals surface area contributed by atoms with E-state index in [1.54, 1.807) is 29.2 Å². The van der Waals surface area contributed by atoms with Gasteiger partial charge in [-0.25, -0.2) is 9.18 Å². The maximum atomic E-state index is 13.9. The standard InChI is InChI=1S/C34H42FN3O6/c1-2-42-17-6-18-43-34(41)30-20-25-19-26(13-14-29(25)44-30)37-32(39)31-27(22-7-4-3-5-8-22)15-16-38(31)33(40)24-11-9-23(10-12-24)28(36)21-35/h3-5,7-8,13-14,19-20,23-24,27-28,31H,2,6,9-12,15-18,21,36H2,1H3,(H,37,39)/t23-,24-,27-,28-,31+/m1/s1. The molecule has 9 nitrogen and oxygen atoms in total. The minimum Gasteiger partial charge on any atom is -0.460 e. The van der Waals surface area contributed by atoms with Gasteiger partial charge in [0, 0.05) is 55.1 Å². The first-order valence-electron chi connectivity index (χ1n) is 15.7. The summed E-state index contributed by atoms with van der Waals surface area (Å²) in [6, 6.07) is 15.4. The lowest BCUT2D eigenvalue weighted by atomic mass is 9.78. The van der Waals surface area contributed by atoms with Crippen molar-refractivity contribution in [2.75, 3.05) is 38.4 Å². The molecule has 0 spiro atoms. The first-order valence-corrected chi connectivity index (χ1v) is 15.7. The molecule has 3 atom stereocenters. The highest BCUT2D eigenvalue weighted by atomic mass is 19.1. The van der Waals surface area contributed by atoms with Crippen LogP contribution in [0.4, 0.5) is 10.1 Å². The molecule has 2 aromatic carbocycles. The van der Waals surface area contributed by atoms with E-state index in [0.29, 0.717) is 74.9 Å². The number of hydrogen-bond donors (Lipinski definition) is 2. The molecule has 236 valence electrons. The van der Waals surface area contributed by atoms with Crippen LogP contribution in [0.15, 0.2) is 59.0 Å². The highest BCUT2D eigenvalue weighted by Crippen LogP contribution is 2.38. The molecule has 44 heavy (non-hydrogen) atoms. The Morgan fingerprint density at radius 2 is 1.82 bits per heavy atom. The van der Waals surface area contributed by atoms with Crippen LogP contribution in [0, 0.1) is 11.8 Å². The molecule has 1 aliphatic heterocycles. The van der Waals surface area contributed by atoms with Crippen molar-refractivity contribution in [2.24, 2.45) is 17.6 Å². The van der Waals surface area contributed by atoms with Gasteiger partial charge in [-0.05, 0) is 74.8 Å². The van der Waals surface area contributed by atoms with E-state index in [4.69, 9.17) is 19.6 Å². The fourth-order valence-electron chi connectivity index (χ4n) is 6.55. The number of alkyl halides is 1. The van der Waals surface area contributed by atoms with E-state index in [1.807, 2.05) is 37.3 Å². The summed E-state index contributed by atoms with van der Waals surface area (Å²) in [5.74, 6) is -1.05. The van der Waals surface area contributed by atoms with E-state index in [9.17, 15) is 18.8 Å². The van der Waals surface area contributed by atoms with Crippen LogP contribution in [0.5, 0.6) is 0 Å². The van der Waals surface area contributed by atoms with E-state index in [2.05, 4.69) is 5.32 Å². The maximum Gasteiger partial charge on any atom is 0.374 e. The third-order valence-corrected chi connectivity index (χ3v) is 8.94. The van der Waals surface area contributed by atoms with Crippen LogP contribution in [0.1, 0.15) is 67.5 Å². The van der Waals surface area contributed by atoms with Crippen LogP contribution >= 0.6 is 0 Å². The second-order valence-corrected chi connectivity index (χ2v) is 11.8. The van der Waals surface area contributed by atoms with E-state index >= 15 is 0 Å². The molecule has 0 unspecified atom stereocenters. The number of esters is 1. The van der Waals surface area contributed by atoms with Gasteiger partial charge in [0.1, 0.15) is 18.3 Å². The van der Waals surface area contributed by atoms with Crippen LogP contribution < -0.4 is 11.1 Å². The third-order valence-electron chi connectivity index (χ3n) is 8.94. The number of carbonyl (C=O) groups excluding carboxylic acids is 3. The summed E-state index contributed by atoms with van der Waals surface area (Å²) in [7, 11) is 0. The summed E-state index contributed by atoms with van der Waals surface area (Å²) in [5, 5.41) is 3.67. The number of nitrogens with two attached hydrogens (primary N) is 1. The van der Waals surface area contributed by atoms with E-state index in [-0.39, 0.29) is 41.9 Å². The normalized spacial score (nSPS) is 22.6. The van der Waals surface area contributed by atoms with Gasteiger partial charge in [-0.3, -0.25) is 9.59 Å². The Morgan fingerprint density at radius 3 is 2.55 bits per heavy atom. The molecular weight excluding hydrogens is 565 g/mol. The molecular formula is C34H42FN3O6. The summed E-state index contributed by atoms with van der Waals surface area (Å²) in [5.41, 5.74) is 7.97. The number of rotatable bonds is 12. The van der Waals surface area contributed by atoms with Crippen LogP contribution in [0.25, 0.3) is 11.0 Å². The summed E-state index contributed by atoms with van der Waals surface area (Å²) in [6.45, 7) is 3.18. The average molecular weight is 608 g/mol. The number of fused-ring (bicyclic) bond motifs is 1. The quantitative estimate of drug-likeness (QED) is 0.208. The zero-order chi connectivity index (χ0) is 31.1. The molecule has 3 N–H and O–H groups in total. The van der Waals surface area contributed by atoms with Crippen molar-refractivity contribution in [2.45, 2.75) is 63.5 Å². The monoisotopic (exact) mass is 607 g/mol. The smallest absolute Gasteiger partial charge is 0.374 e. The Morgan fingerprint density at radius 1 is 1.05 bits per heavy atom. The van der Waals surface area contributed by atoms with Crippen molar-refractivity contribution >= 4 is 34.4 Å². The number of likely N-dealkylation sites (tertiary alicyclic amines) is 1. The molecule has 2 heterocycles. The Labute approximate surface area is 257 Å². The van der Waals surface area contributed by atoms with Crippen LogP contribution in [-0.2, 0) is 19.1 Å². The highest BCUT2D eigenvalue weighted by molar-refractivity contribution is 6.00. The lowest BCUT2D eigenvalue weighted by Gasteiger charge is -2.35. The number of nitrogens with one attached hydrogen (secondary N) is 1. The van der Waals surface area contributed by atoms with Crippen LogP contribution in [0.2, 0.25) is 0 Å². The van der Waals surface area contributed by atoms with Crippen LogP contribution in [-0.4, -0.2) is 67.8 Å². The van der Waals surface area contributed by atoms with Gasteiger partial charge in [0.2, 0.25) is 17.6 Å². The maximum absolute atomic E-state index is 13.9. The molecule has 2 amide bonds. The van der Waals surface area contributed by atoms with Gasteiger partial charge in [0.05, 0.1) is 6.61 Å². The molecule has 2 fully saturated rings. The first kappa shape index (κ1) is 31.7. The molecule has 0 bridgehead atoms. The van der Waals surface area contributed by atoms with Crippen molar-refractivity contribution in [3.05, 3.63) is 65.9 Å². The van der Waals surface area contributed by atoms with Crippen molar-refractivity contribution in [1.29, 1.82) is 0 Å². The fourth-order valence-corrected chi connectivity index (χ4v) is 6.55. The molecule has 1 saturated carbocycles. The van der Waals surface area contributed by atoms with E-state index in [0.717, 1.165) is 5.56 Å². The number of benzene rings is 2. The summed E-state index contributed by atoms with van der Waals surface area (Å²) in [6.07, 6.45) is 3.98. The summed E-state index contributed by atoms with van der Waals surface area (Å²) >= 11 is 0. The molecule has 0 radical (unpaired) electrons. The summed E-state index contributed by atoms with van der Waals surface area (Å²) < 4.78 is 29.4. The number of nitrogens with zero attached hydrogens (tertiary/aromatic N) is 1. The molecule has 3 aromatic rings. The molecule has 5 rings (SSSR count). The Hall–Kier alpha value is -3.76. The molecule has 1 aliphatic carbocycles. The van der Waals surface area contributed by atoms with Gasteiger partial charge >= 0.3 is 5.97 Å². The number of carbonyl (C=O) groups is 3. The predicted octanol–water partition coefficient (Wildman–Crippen LogP) is 5.44. The average Bonchev–Trinajstić information content (AvgIpc) is 3.69. The number of amides is 2. The van der Waals surface area contributed by atoms with Gasteiger partial charge in [-0.15, -0.1) is 0 Å². The molecule has 1 saturated heterocycles. The molecule has 2 aliphatic rings. The SMILES string of the molecule is CCOCCCOC(=O)c1cc2cc(NC(=O)[C@@H]3[C@@H](c4ccccc4)CCN3C(=O)[C@H]3CC[C@H]([C@H](N)CF)CC3)ccc2o1. The molecule has 1 aromatic heterocycles. The lowest BCUT2D eigenvalue weighted by molar-refractivity contribution is -0.141. The zero-order valence-electron chi connectivity index (χ0n) is 25.2. The van der Waals surface area contributed by atoms with Gasteiger partial charge < -0.3 is 29.8 Å². The Kier molecular flexibility index (Phi) is 10.7. The van der Waals surface area contributed by atoms with Gasteiger partial charge in [-0.1, -0.05) is 30.3 Å².